The van der Waals surface area contributed by atoms with E-state index in [-0.39, 0.29) is 6.04 Å². The maximum Gasteiger partial charge on any atom is 0.223 e. The van der Waals surface area contributed by atoms with Gasteiger partial charge in [-0.05, 0) is 50.9 Å². The van der Waals surface area contributed by atoms with Crippen LogP contribution in [0.25, 0.3) is 0 Å². The van der Waals surface area contributed by atoms with Crippen molar-refractivity contribution in [1.29, 1.82) is 0 Å². The Bertz CT molecular complexity index is 503. The highest BCUT2D eigenvalue weighted by atomic mass is 16.2. The molecule has 5 nitrogen and oxygen atoms in total. The highest BCUT2D eigenvalue weighted by Gasteiger charge is 2.36. The summed E-state index contributed by atoms with van der Waals surface area (Å²) in [5.41, 5.74) is 1.17. The number of carbonyl (C=O) groups is 1. The Hall–Kier alpha value is -1.36. The molecule has 120 valence electrons. The molecule has 0 spiro atoms. The summed E-state index contributed by atoms with van der Waals surface area (Å²) in [7, 11) is 0. The van der Waals surface area contributed by atoms with Gasteiger partial charge in [-0.25, -0.2) is 0 Å². The third-order valence-corrected chi connectivity index (χ3v) is 5.76. The molecule has 3 aliphatic heterocycles. The van der Waals surface area contributed by atoms with Crippen LogP contribution in [0, 0.1) is 5.92 Å². The first-order chi connectivity index (χ1) is 10.8. The molecule has 2 bridgehead atoms. The lowest BCUT2D eigenvalue weighted by Gasteiger charge is -2.37. The van der Waals surface area contributed by atoms with Crippen molar-refractivity contribution in [2.24, 2.45) is 5.92 Å². The van der Waals surface area contributed by atoms with Crippen molar-refractivity contribution < 1.29 is 4.79 Å². The lowest BCUT2D eigenvalue weighted by atomic mass is 9.88. The van der Waals surface area contributed by atoms with E-state index in [0.717, 1.165) is 25.8 Å². The van der Waals surface area contributed by atoms with Crippen molar-refractivity contribution in [2.75, 3.05) is 6.54 Å². The third-order valence-electron chi connectivity index (χ3n) is 5.76. The maximum absolute atomic E-state index is 12.9. The summed E-state index contributed by atoms with van der Waals surface area (Å²) in [6.45, 7) is 0.909. The summed E-state index contributed by atoms with van der Waals surface area (Å²) < 4.78 is 0. The number of likely N-dealkylation sites (tertiary alicyclic amines) is 1. The molecular formula is C17H26N4O. The lowest BCUT2D eigenvalue weighted by Crippen LogP contribution is -2.42. The summed E-state index contributed by atoms with van der Waals surface area (Å²) in [6.07, 6.45) is 13.0. The van der Waals surface area contributed by atoms with Gasteiger partial charge in [-0.1, -0.05) is 0 Å². The summed E-state index contributed by atoms with van der Waals surface area (Å²) in [5.74, 6) is 0.940. The van der Waals surface area contributed by atoms with Crippen LogP contribution in [0.4, 0.5) is 0 Å². The zero-order chi connectivity index (χ0) is 14.9. The van der Waals surface area contributed by atoms with Crippen LogP contribution >= 0.6 is 0 Å². The predicted molar refractivity (Wildman–Crippen MR) is 84.2 cm³/mol. The van der Waals surface area contributed by atoms with Crippen LogP contribution in [0.2, 0.25) is 0 Å². The number of fused-ring (bicyclic) bond motifs is 2. The largest absolute Gasteiger partial charge is 0.336 e. The summed E-state index contributed by atoms with van der Waals surface area (Å²) in [6, 6.07) is 1.57. The Morgan fingerprint density at radius 1 is 1.23 bits per heavy atom. The summed E-state index contributed by atoms with van der Waals surface area (Å²) in [5, 5.41) is 10.6. The number of hydrogen-bond acceptors (Lipinski definition) is 3. The van der Waals surface area contributed by atoms with Gasteiger partial charge in [0.05, 0.1) is 12.2 Å². The molecule has 2 N–H and O–H groups in total. The van der Waals surface area contributed by atoms with E-state index in [1.165, 1.54) is 37.7 Å². The number of aromatic amines is 1. The number of nitrogens with zero attached hydrogens (tertiary/aromatic N) is 2. The molecule has 3 unspecified atom stereocenters. The van der Waals surface area contributed by atoms with E-state index in [2.05, 4.69) is 20.4 Å². The fourth-order valence-corrected chi connectivity index (χ4v) is 4.73. The molecule has 3 aliphatic rings. The van der Waals surface area contributed by atoms with E-state index in [0.29, 0.717) is 23.9 Å². The van der Waals surface area contributed by atoms with Gasteiger partial charge in [-0.15, -0.1) is 0 Å². The molecule has 3 fully saturated rings. The van der Waals surface area contributed by atoms with Crippen LogP contribution in [-0.4, -0.2) is 39.6 Å². The second kappa shape index (κ2) is 6.03. The van der Waals surface area contributed by atoms with Gasteiger partial charge in [0, 0.05) is 36.8 Å². The van der Waals surface area contributed by atoms with Gasteiger partial charge >= 0.3 is 0 Å². The van der Waals surface area contributed by atoms with Crippen molar-refractivity contribution >= 4 is 5.91 Å². The van der Waals surface area contributed by atoms with Crippen molar-refractivity contribution in [3.05, 3.63) is 18.0 Å². The molecule has 1 aromatic heterocycles. The van der Waals surface area contributed by atoms with E-state index in [1.807, 2.05) is 12.4 Å². The maximum atomic E-state index is 12.9. The van der Waals surface area contributed by atoms with Gasteiger partial charge < -0.3 is 10.2 Å². The van der Waals surface area contributed by atoms with Crippen molar-refractivity contribution in [3.8, 4) is 0 Å². The SMILES string of the molecule is O=C(CC1CC2CCC(C1)N2)N1CCCCC1c1cn[nH]c1. The van der Waals surface area contributed by atoms with Crippen LogP contribution < -0.4 is 5.32 Å². The Morgan fingerprint density at radius 2 is 2.05 bits per heavy atom. The van der Waals surface area contributed by atoms with Crippen molar-refractivity contribution in [2.45, 2.75) is 69.5 Å². The highest BCUT2D eigenvalue weighted by Crippen LogP contribution is 2.35. The first-order valence-electron chi connectivity index (χ1n) is 8.84. The van der Waals surface area contributed by atoms with E-state index in [4.69, 9.17) is 0 Å². The molecule has 22 heavy (non-hydrogen) atoms. The minimum Gasteiger partial charge on any atom is -0.336 e. The molecule has 3 saturated heterocycles. The molecule has 1 aromatic rings. The Kier molecular flexibility index (Phi) is 3.90. The van der Waals surface area contributed by atoms with Gasteiger partial charge in [0.25, 0.3) is 0 Å². The van der Waals surface area contributed by atoms with Crippen molar-refractivity contribution in [3.63, 3.8) is 0 Å². The average Bonchev–Trinajstić information content (AvgIpc) is 3.17. The van der Waals surface area contributed by atoms with Crippen LogP contribution in [0.3, 0.4) is 0 Å². The van der Waals surface area contributed by atoms with Gasteiger partial charge in [0.15, 0.2) is 0 Å². The molecule has 1 amide bonds. The minimum atomic E-state index is 0.235. The fraction of sp³-hybridized carbons (Fsp3) is 0.765. The molecule has 4 rings (SSSR count). The van der Waals surface area contributed by atoms with Crippen LogP contribution in [0.5, 0.6) is 0 Å². The summed E-state index contributed by atoms with van der Waals surface area (Å²) >= 11 is 0. The van der Waals surface area contributed by atoms with Gasteiger partial charge in [-0.3, -0.25) is 9.89 Å². The molecule has 0 aliphatic carbocycles. The van der Waals surface area contributed by atoms with Gasteiger partial charge in [0.2, 0.25) is 5.91 Å². The standard InChI is InChI=1S/C17H26N4O/c22-17(9-12-7-14-4-5-15(8-12)20-14)21-6-2-1-3-16(21)13-10-18-19-11-13/h10-12,14-16,20H,1-9H2,(H,18,19). The summed E-state index contributed by atoms with van der Waals surface area (Å²) in [4.78, 5) is 15.0. The Labute approximate surface area is 131 Å². The smallest absolute Gasteiger partial charge is 0.223 e. The minimum absolute atomic E-state index is 0.235. The zero-order valence-corrected chi connectivity index (χ0v) is 13.1. The molecular weight excluding hydrogens is 276 g/mol. The van der Waals surface area contributed by atoms with Crippen molar-refractivity contribution in [1.82, 2.24) is 20.4 Å². The van der Waals surface area contributed by atoms with Gasteiger partial charge in [-0.2, -0.15) is 5.10 Å². The third kappa shape index (κ3) is 2.78. The Morgan fingerprint density at radius 3 is 2.77 bits per heavy atom. The monoisotopic (exact) mass is 302 g/mol. The predicted octanol–water partition coefficient (Wildman–Crippen LogP) is 2.38. The zero-order valence-electron chi connectivity index (χ0n) is 13.1. The first-order valence-corrected chi connectivity index (χ1v) is 8.84. The number of carbonyl (C=O) groups excluding carboxylic acids is 1. The van der Waals surface area contributed by atoms with E-state index < -0.39 is 0 Å². The fourth-order valence-electron chi connectivity index (χ4n) is 4.73. The number of piperidine rings is 2. The average molecular weight is 302 g/mol. The Balaban J connectivity index is 1.42. The normalized spacial score (nSPS) is 34.8. The van der Waals surface area contributed by atoms with Gasteiger partial charge in [0.1, 0.15) is 0 Å². The number of rotatable bonds is 3. The quantitative estimate of drug-likeness (QED) is 0.901. The lowest BCUT2D eigenvalue weighted by molar-refractivity contribution is -0.136. The van der Waals surface area contributed by atoms with E-state index in [9.17, 15) is 4.79 Å². The molecule has 0 saturated carbocycles. The van der Waals surface area contributed by atoms with Crippen LogP contribution in [-0.2, 0) is 4.79 Å². The molecule has 5 heteroatoms. The molecule has 3 atom stereocenters. The number of H-pyrrole nitrogens is 1. The second-order valence-corrected chi connectivity index (χ2v) is 7.31. The molecule has 0 radical (unpaired) electrons. The van der Waals surface area contributed by atoms with Crippen LogP contribution in [0.15, 0.2) is 12.4 Å². The van der Waals surface area contributed by atoms with Crippen LogP contribution in [0.1, 0.15) is 63.0 Å². The second-order valence-electron chi connectivity index (χ2n) is 7.31. The molecule has 4 heterocycles. The number of aromatic nitrogens is 2. The van der Waals surface area contributed by atoms with E-state index >= 15 is 0 Å². The number of hydrogen-bond donors (Lipinski definition) is 2. The number of amides is 1. The first kappa shape index (κ1) is 14.2. The molecule has 0 aromatic carbocycles. The topological polar surface area (TPSA) is 61.0 Å². The number of nitrogens with one attached hydrogen (secondary N) is 2. The highest BCUT2D eigenvalue weighted by molar-refractivity contribution is 5.77. The van der Waals surface area contributed by atoms with E-state index in [1.54, 1.807) is 0 Å².